The summed E-state index contributed by atoms with van der Waals surface area (Å²) >= 11 is 3.26. The molecule has 0 aliphatic rings. The SMILES string of the molecule is O=C(Nc1ccc(Br)cc1)C(=O)Nc1ccccc1C(=O)O. The molecule has 0 atom stereocenters. The van der Waals surface area contributed by atoms with Crippen molar-refractivity contribution in [2.24, 2.45) is 0 Å². The summed E-state index contributed by atoms with van der Waals surface area (Å²) in [6.45, 7) is 0. The van der Waals surface area contributed by atoms with Gasteiger partial charge in [-0.1, -0.05) is 28.1 Å². The van der Waals surface area contributed by atoms with Gasteiger partial charge >= 0.3 is 17.8 Å². The maximum atomic E-state index is 11.8. The van der Waals surface area contributed by atoms with Crippen LogP contribution in [-0.4, -0.2) is 22.9 Å². The van der Waals surface area contributed by atoms with Crippen molar-refractivity contribution in [3.05, 3.63) is 58.6 Å². The minimum absolute atomic E-state index is 0.0611. The van der Waals surface area contributed by atoms with Crippen molar-refractivity contribution in [2.45, 2.75) is 0 Å². The first-order valence-electron chi connectivity index (χ1n) is 6.17. The van der Waals surface area contributed by atoms with Crippen LogP contribution in [0.2, 0.25) is 0 Å². The lowest BCUT2D eigenvalue weighted by Gasteiger charge is -2.08. The van der Waals surface area contributed by atoms with Crippen molar-refractivity contribution in [2.75, 3.05) is 10.6 Å². The largest absolute Gasteiger partial charge is 0.478 e. The van der Waals surface area contributed by atoms with E-state index >= 15 is 0 Å². The molecule has 2 aromatic rings. The van der Waals surface area contributed by atoms with E-state index in [4.69, 9.17) is 5.11 Å². The molecule has 7 heteroatoms. The number of rotatable bonds is 3. The molecule has 0 heterocycles. The number of carboxylic acid groups (broad SMARTS) is 1. The zero-order chi connectivity index (χ0) is 16.1. The Hall–Kier alpha value is -2.67. The molecule has 2 rings (SSSR count). The molecule has 0 spiro atoms. The van der Waals surface area contributed by atoms with Crippen molar-refractivity contribution in [1.82, 2.24) is 0 Å². The number of carboxylic acids is 1. The van der Waals surface area contributed by atoms with E-state index in [0.717, 1.165) is 4.47 Å². The average molecular weight is 363 g/mol. The van der Waals surface area contributed by atoms with Crippen molar-refractivity contribution in [1.29, 1.82) is 0 Å². The van der Waals surface area contributed by atoms with Gasteiger partial charge in [-0.2, -0.15) is 0 Å². The fraction of sp³-hybridized carbons (Fsp3) is 0. The summed E-state index contributed by atoms with van der Waals surface area (Å²) in [5.41, 5.74) is 0.424. The molecule has 2 amide bonds. The summed E-state index contributed by atoms with van der Waals surface area (Å²) in [5, 5.41) is 13.7. The van der Waals surface area contributed by atoms with Crippen LogP contribution in [0.5, 0.6) is 0 Å². The second-order valence-electron chi connectivity index (χ2n) is 4.27. The van der Waals surface area contributed by atoms with E-state index in [1.807, 2.05) is 0 Å². The van der Waals surface area contributed by atoms with Crippen molar-refractivity contribution in [3.8, 4) is 0 Å². The van der Waals surface area contributed by atoms with Gasteiger partial charge in [0.15, 0.2) is 0 Å². The number of halogens is 1. The number of para-hydroxylation sites is 1. The number of hydrogen-bond acceptors (Lipinski definition) is 3. The van der Waals surface area contributed by atoms with Gasteiger partial charge in [-0.05, 0) is 36.4 Å². The number of anilines is 2. The van der Waals surface area contributed by atoms with Crippen molar-refractivity contribution < 1.29 is 19.5 Å². The predicted molar refractivity (Wildman–Crippen MR) is 84.8 cm³/mol. The molecular weight excluding hydrogens is 352 g/mol. The number of carbonyl (C=O) groups excluding carboxylic acids is 2. The van der Waals surface area contributed by atoms with E-state index < -0.39 is 17.8 Å². The van der Waals surface area contributed by atoms with E-state index in [1.54, 1.807) is 30.3 Å². The molecule has 3 N–H and O–H groups in total. The number of benzene rings is 2. The molecule has 2 aromatic carbocycles. The van der Waals surface area contributed by atoms with Crippen LogP contribution in [-0.2, 0) is 9.59 Å². The van der Waals surface area contributed by atoms with Crippen LogP contribution < -0.4 is 10.6 Å². The molecule has 112 valence electrons. The van der Waals surface area contributed by atoms with Gasteiger partial charge in [-0.25, -0.2) is 4.79 Å². The first-order chi connectivity index (χ1) is 10.5. The monoisotopic (exact) mass is 362 g/mol. The Labute approximate surface area is 134 Å². The lowest BCUT2D eigenvalue weighted by molar-refractivity contribution is -0.133. The zero-order valence-electron chi connectivity index (χ0n) is 11.2. The number of nitrogens with one attached hydrogen (secondary N) is 2. The van der Waals surface area contributed by atoms with E-state index in [9.17, 15) is 14.4 Å². The molecule has 6 nitrogen and oxygen atoms in total. The van der Waals surface area contributed by atoms with E-state index in [-0.39, 0.29) is 11.3 Å². The average Bonchev–Trinajstić information content (AvgIpc) is 2.49. The Bertz CT molecular complexity index is 729. The van der Waals surface area contributed by atoms with Crippen LogP contribution >= 0.6 is 15.9 Å². The summed E-state index contributed by atoms with van der Waals surface area (Å²) in [6.07, 6.45) is 0. The highest BCUT2D eigenvalue weighted by atomic mass is 79.9. The molecule has 0 radical (unpaired) electrons. The summed E-state index contributed by atoms with van der Waals surface area (Å²) in [4.78, 5) is 34.7. The van der Waals surface area contributed by atoms with Gasteiger partial charge in [0.05, 0.1) is 11.3 Å². The van der Waals surface area contributed by atoms with Gasteiger partial charge < -0.3 is 15.7 Å². The highest BCUT2D eigenvalue weighted by Crippen LogP contribution is 2.16. The van der Waals surface area contributed by atoms with Gasteiger partial charge in [-0.15, -0.1) is 0 Å². The predicted octanol–water partition coefficient (Wildman–Crippen LogP) is 2.72. The number of aromatic carboxylic acids is 1. The lowest BCUT2D eigenvalue weighted by atomic mass is 10.2. The zero-order valence-corrected chi connectivity index (χ0v) is 12.8. The molecular formula is C15H11BrN2O4. The molecule has 0 aliphatic heterocycles. The van der Waals surface area contributed by atoms with Crippen LogP contribution in [0.3, 0.4) is 0 Å². The minimum Gasteiger partial charge on any atom is -0.478 e. The molecule has 0 unspecified atom stereocenters. The number of hydrogen-bond donors (Lipinski definition) is 3. The first-order valence-corrected chi connectivity index (χ1v) is 6.97. The van der Waals surface area contributed by atoms with Crippen molar-refractivity contribution >= 4 is 45.1 Å². The van der Waals surface area contributed by atoms with E-state index in [2.05, 4.69) is 26.6 Å². The molecule has 0 saturated heterocycles. The van der Waals surface area contributed by atoms with E-state index in [1.165, 1.54) is 18.2 Å². The molecule has 0 fully saturated rings. The highest BCUT2D eigenvalue weighted by molar-refractivity contribution is 9.10. The van der Waals surface area contributed by atoms with Gasteiger partial charge in [0, 0.05) is 10.2 Å². The summed E-state index contributed by atoms with van der Waals surface area (Å²) in [7, 11) is 0. The minimum atomic E-state index is -1.19. The third kappa shape index (κ3) is 3.92. The summed E-state index contributed by atoms with van der Waals surface area (Å²) in [6, 6.07) is 12.5. The molecule has 0 bridgehead atoms. The smallest absolute Gasteiger partial charge is 0.337 e. The van der Waals surface area contributed by atoms with Gasteiger partial charge in [-0.3, -0.25) is 9.59 Å². The second-order valence-corrected chi connectivity index (χ2v) is 5.18. The molecule has 0 saturated carbocycles. The normalized spacial score (nSPS) is 9.86. The first kappa shape index (κ1) is 15.7. The third-order valence-corrected chi connectivity index (χ3v) is 3.24. The second kappa shape index (κ2) is 6.86. The topological polar surface area (TPSA) is 95.5 Å². The van der Waals surface area contributed by atoms with Crippen molar-refractivity contribution in [3.63, 3.8) is 0 Å². The summed E-state index contributed by atoms with van der Waals surface area (Å²) in [5.74, 6) is -3.02. The van der Waals surface area contributed by atoms with Gasteiger partial charge in [0.1, 0.15) is 0 Å². The molecule has 0 aromatic heterocycles. The maximum absolute atomic E-state index is 11.8. The fourth-order valence-corrected chi connectivity index (χ4v) is 1.94. The van der Waals surface area contributed by atoms with Gasteiger partial charge in [0.2, 0.25) is 0 Å². The molecule has 0 aliphatic carbocycles. The fourth-order valence-electron chi connectivity index (χ4n) is 1.68. The van der Waals surface area contributed by atoms with Crippen LogP contribution in [0.4, 0.5) is 11.4 Å². The highest BCUT2D eigenvalue weighted by Gasteiger charge is 2.17. The Morgan fingerprint density at radius 3 is 2.09 bits per heavy atom. The lowest BCUT2D eigenvalue weighted by Crippen LogP contribution is -2.29. The molecule has 22 heavy (non-hydrogen) atoms. The van der Waals surface area contributed by atoms with Crippen LogP contribution in [0.15, 0.2) is 53.0 Å². The maximum Gasteiger partial charge on any atom is 0.337 e. The Balaban J connectivity index is 2.07. The Morgan fingerprint density at radius 1 is 0.864 bits per heavy atom. The Morgan fingerprint density at radius 2 is 1.45 bits per heavy atom. The van der Waals surface area contributed by atoms with Crippen LogP contribution in [0.1, 0.15) is 10.4 Å². The van der Waals surface area contributed by atoms with Gasteiger partial charge in [0.25, 0.3) is 0 Å². The van der Waals surface area contributed by atoms with Crippen LogP contribution in [0, 0.1) is 0 Å². The Kier molecular flexibility index (Phi) is 4.90. The quantitative estimate of drug-likeness (QED) is 0.731. The standard InChI is InChI=1S/C15H11BrN2O4/c16-9-5-7-10(8-6-9)17-13(19)14(20)18-12-4-2-1-3-11(12)15(21)22/h1-8H,(H,17,19)(H,18,20)(H,21,22). The third-order valence-electron chi connectivity index (χ3n) is 2.71. The van der Waals surface area contributed by atoms with Crippen LogP contribution in [0.25, 0.3) is 0 Å². The van der Waals surface area contributed by atoms with E-state index in [0.29, 0.717) is 5.69 Å². The number of carbonyl (C=O) groups is 3. The summed E-state index contributed by atoms with van der Waals surface area (Å²) < 4.78 is 0.838. The number of amides is 2.